The summed E-state index contributed by atoms with van der Waals surface area (Å²) >= 11 is 0. The van der Waals surface area contributed by atoms with Crippen molar-refractivity contribution in [2.75, 3.05) is 10.5 Å². The second-order valence-corrected chi connectivity index (χ2v) is 7.89. The van der Waals surface area contributed by atoms with E-state index in [1.54, 1.807) is 44.2 Å². The topological polar surface area (TPSA) is 108 Å². The van der Waals surface area contributed by atoms with Crippen LogP contribution in [0.25, 0.3) is 11.0 Å². The average Bonchev–Trinajstić information content (AvgIpc) is 2.61. The summed E-state index contributed by atoms with van der Waals surface area (Å²) in [4.78, 5) is 8.77. The number of hydrogen-bond donors (Lipinski definition) is 1. The number of sulfonamides is 1. The molecular weight excluding hydrogens is 368 g/mol. The van der Waals surface area contributed by atoms with Crippen LogP contribution in [0.15, 0.2) is 48.8 Å². The number of hydrogen-bond acceptors (Lipinski definition) is 6. The van der Waals surface area contributed by atoms with Gasteiger partial charge in [-0.3, -0.25) is 4.72 Å². The van der Waals surface area contributed by atoms with Gasteiger partial charge in [-0.25, -0.2) is 18.4 Å². The van der Waals surface area contributed by atoms with Gasteiger partial charge >= 0.3 is 0 Å². The summed E-state index contributed by atoms with van der Waals surface area (Å²) < 4.78 is 33.4. The van der Waals surface area contributed by atoms with Gasteiger partial charge in [0.05, 0.1) is 22.3 Å². The molecule has 2 heterocycles. The van der Waals surface area contributed by atoms with Crippen molar-refractivity contribution in [3.05, 3.63) is 59.6 Å². The quantitative estimate of drug-likeness (QED) is 0.492. The molecule has 9 heteroatoms. The smallest absolute Gasteiger partial charge is 0.259 e. The number of para-hydroxylation sites is 2. The van der Waals surface area contributed by atoms with Gasteiger partial charge in [0.15, 0.2) is 12.4 Å². The third-order valence-electron chi connectivity index (χ3n) is 3.82. The number of benzene rings is 1. The normalized spacial score (nSPS) is 12.7. The SMILES string of the molecule is CCCS(=O)(=O)Nc1nc2ccccc2nc1OC(C)c1ccc[n+]([O-])c1. The van der Waals surface area contributed by atoms with Crippen molar-refractivity contribution >= 4 is 26.9 Å². The maximum absolute atomic E-state index is 12.2. The third-order valence-corrected chi connectivity index (χ3v) is 5.27. The maximum Gasteiger partial charge on any atom is 0.259 e. The highest BCUT2D eigenvalue weighted by molar-refractivity contribution is 7.92. The predicted molar refractivity (Wildman–Crippen MR) is 102 cm³/mol. The number of anilines is 1. The molecule has 0 radical (unpaired) electrons. The Hall–Kier alpha value is -2.94. The molecular formula is C18H20N4O4S. The molecule has 0 fully saturated rings. The Morgan fingerprint density at radius 3 is 2.56 bits per heavy atom. The van der Waals surface area contributed by atoms with Gasteiger partial charge in [-0.2, -0.15) is 4.73 Å². The van der Waals surface area contributed by atoms with Crippen LogP contribution in [-0.4, -0.2) is 24.1 Å². The van der Waals surface area contributed by atoms with Gasteiger partial charge in [-0.15, -0.1) is 0 Å². The number of pyridine rings is 1. The van der Waals surface area contributed by atoms with E-state index >= 15 is 0 Å². The van der Waals surface area contributed by atoms with E-state index in [-0.39, 0.29) is 17.5 Å². The molecule has 0 bridgehead atoms. The zero-order valence-electron chi connectivity index (χ0n) is 15.0. The minimum atomic E-state index is -3.57. The van der Waals surface area contributed by atoms with Crippen LogP contribution in [-0.2, 0) is 10.0 Å². The molecule has 1 aromatic carbocycles. The lowest BCUT2D eigenvalue weighted by Gasteiger charge is -2.17. The van der Waals surface area contributed by atoms with Gasteiger partial charge in [0.1, 0.15) is 6.10 Å². The second-order valence-electron chi connectivity index (χ2n) is 6.04. The van der Waals surface area contributed by atoms with E-state index in [0.29, 0.717) is 27.7 Å². The Morgan fingerprint density at radius 1 is 1.19 bits per heavy atom. The van der Waals surface area contributed by atoms with Crippen LogP contribution in [0.5, 0.6) is 5.88 Å². The molecule has 0 spiro atoms. The third kappa shape index (κ3) is 4.62. The Labute approximate surface area is 157 Å². The van der Waals surface area contributed by atoms with E-state index in [0.717, 1.165) is 0 Å². The zero-order chi connectivity index (χ0) is 19.4. The summed E-state index contributed by atoms with van der Waals surface area (Å²) in [5.74, 6) is 0.0489. The zero-order valence-corrected chi connectivity index (χ0v) is 15.8. The number of aromatic nitrogens is 3. The number of nitrogens with zero attached hydrogens (tertiary/aromatic N) is 3. The molecule has 3 aromatic rings. The number of nitrogens with one attached hydrogen (secondary N) is 1. The average molecular weight is 388 g/mol. The Kier molecular flexibility index (Phi) is 5.41. The molecule has 142 valence electrons. The molecule has 0 amide bonds. The van der Waals surface area contributed by atoms with Crippen molar-refractivity contribution in [3.63, 3.8) is 0 Å². The predicted octanol–water partition coefficient (Wildman–Crippen LogP) is 2.55. The molecule has 3 rings (SSSR count). The van der Waals surface area contributed by atoms with E-state index in [2.05, 4.69) is 14.7 Å². The lowest BCUT2D eigenvalue weighted by Crippen LogP contribution is -2.26. The summed E-state index contributed by atoms with van der Waals surface area (Å²) in [6, 6.07) is 10.5. The van der Waals surface area contributed by atoms with Crippen molar-refractivity contribution in [3.8, 4) is 5.88 Å². The summed E-state index contributed by atoms with van der Waals surface area (Å²) in [6.45, 7) is 3.52. The van der Waals surface area contributed by atoms with Crippen LogP contribution in [0.2, 0.25) is 0 Å². The molecule has 0 aliphatic rings. The fraction of sp³-hybridized carbons (Fsp3) is 0.278. The van der Waals surface area contributed by atoms with E-state index in [1.807, 2.05) is 6.07 Å². The first-order valence-corrected chi connectivity index (χ1v) is 10.2. The summed E-state index contributed by atoms with van der Waals surface area (Å²) in [6.07, 6.45) is 2.70. The van der Waals surface area contributed by atoms with Gasteiger partial charge in [0.2, 0.25) is 15.8 Å². The van der Waals surface area contributed by atoms with Crippen LogP contribution < -0.4 is 14.2 Å². The molecule has 0 aliphatic heterocycles. The monoisotopic (exact) mass is 388 g/mol. The molecule has 1 unspecified atom stereocenters. The number of rotatable bonds is 7. The van der Waals surface area contributed by atoms with Gasteiger partial charge in [-0.1, -0.05) is 19.1 Å². The van der Waals surface area contributed by atoms with Crippen LogP contribution in [0.4, 0.5) is 5.82 Å². The fourth-order valence-electron chi connectivity index (χ4n) is 2.55. The van der Waals surface area contributed by atoms with Crippen molar-refractivity contribution in [1.29, 1.82) is 0 Å². The second kappa shape index (κ2) is 7.75. The number of ether oxygens (including phenoxy) is 1. The van der Waals surface area contributed by atoms with Crippen molar-refractivity contribution in [1.82, 2.24) is 9.97 Å². The summed E-state index contributed by atoms with van der Waals surface area (Å²) in [7, 11) is -3.57. The Balaban J connectivity index is 2.00. The van der Waals surface area contributed by atoms with Gasteiger partial charge < -0.3 is 9.94 Å². The minimum absolute atomic E-state index is 0.0277. The molecule has 1 N–H and O–H groups in total. The molecule has 27 heavy (non-hydrogen) atoms. The van der Waals surface area contributed by atoms with Gasteiger partial charge in [0.25, 0.3) is 5.88 Å². The fourth-order valence-corrected chi connectivity index (χ4v) is 3.61. The standard InChI is InChI=1S/C18H20N4O4S/c1-3-11-27(24,25)21-17-18(20-16-9-5-4-8-15(16)19-17)26-13(2)14-7-6-10-22(23)12-14/h4-10,12-13H,3,11H2,1-2H3,(H,19,21). The lowest BCUT2D eigenvalue weighted by atomic mass is 10.2. The molecule has 0 aliphatic carbocycles. The van der Waals surface area contributed by atoms with E-state index in [4.69, 9.17) is 4.74 Å². The molecule has 8 nitrogen and oxygen atoms in total. The highest BCUT2D eigenvalue weighted by Gasteiger charge is 2.20. The lowest BCUT2D eigenvalue weighted by molar-refractivity contribution is -0.606. The largest absolute Gasteiger partial charge is 0.619 e. The molecule has 1 atom stereocenters. The Morgan fingerprint density at radius 2 is 1.89 bits per heavy atom. The van der Waals surface area contributed by atoms with Gasteiger partial charge in [-0.05, 0) is 31.5 Å². The van der Waals surface area contributed by atoms with E-state index < -0.39 is 16.1 Å². The summed E-state index contributed by atoms with van der Waals surface area (Å²) in [5, 5.41) is 11.5. The van der Waals surface area contributed by atoms with Crippen molar-refractivity contribution in [2.24, 2.45) is 0 Å². The van der Waals surface area contributed by atoms with Crippen LogP contribution in [0.1, 0.15) is 31.9 Å². The Bertz CT molecular complexity index is 1060. The van der Waals surface area contributed by atoms with Crippen molar-refractivity contribution in [2.45, 2.75) is 26.4 Å². The summed E-state index contributed by atoms with van der Waals surface area (Å²) in [5.41, 5.74) is 1.75. The van der Waals surface area contributed by atoms with Crippen molar-refractivity contribution < 1.29 is 17.9 Å². The van der Waals surface area contributed by atoms with Gasteiger partial charge in [0, 0.05) is 6.07 Å². The first-order valence-electron chi connectivity index (χ1n) is 8.50. The van der Waals surface area contributed by atoms with E-state index in [9.17, 15) is 13.6 Å². The van der Waals surface area contributed by atoms with Crippen LogP contribution in [0, 0.1) is 5.21 Å². The van der Waals surface area contributed by atoms with Crippen LogP contribution >= 0.6 is 0 Å². The minimum Gasteiger partial charge on any atom is -0.619 e. The number of fused-ring (bicyclic) bond motifs is 1. The first kappa shape index (κ1) is 18.8. The maximum atomic E-state index is 12.2. The molecule has 0 saturated heterocycles. The first-order chi connectivity index (χ1) is 12.9. The molecule has 2 aromatic heterocycles. The van der Waals surface area contributed by atoms with E-state index in [1.165, 1.54) is 12.4 Å². The highest BCUT2D eigenvalue weighted by Crippen LogP contribution is 2.28. The highest BCUT2D eigenvalue weighted by atomic mass is 32.2. The van der Waals surface area contributed by atoms with Crippen LogP contribution in [0.3, 0.4) is 0 Å². The molecule has 0 saturated carbocycles.